The van der Waals surface area contributed by atoms with Crippen molar-refractivity contribution < 1.29 is 9.53 Å². The normalized spacial score (nSPS) is 31.6. The van der Waals surface area contributed by atoms with Gasteiger partial charge in [0.05, 0.1) is 6.04 Å². The lowest BCUT2D eigenvalue weighted by molar-refractivity contribution is 0.00437. The van der Waals surface area contributed by atoms with E-state index in [-0.39, 0.29) is 12.1 Å². The van der Waals surface area contributed by atoms with Gasteiger partial charge in [-0.1, -0.05) is 0 Å². The monoisotopic (exact) mass is 255 g/mol. The lowest BCUT2D eigenvalue weighted by Crippen LogP contribution is -2.62. The Labute approximate surface area is 109 Å². The van der Waals surface area contributed by atoms with Gasteiger partial charge in [0.25, 0.3) is 0 Å². The van der Waals surface area contributed by atoms with Gasteiger partial charge in [0.1, 0.15) is 5.60 Å². The number of rotatable bonds is 2. The van der Waals surface area contributed by atoms with E-state index >= 15 is 0 Å². The van der Waals surface area contributed by atoms with Gasteiger partial charge in [0.2, 0.25) is 0 Å². The molecule has 5 nitrogen and oxygen atoms in total. The van der Waals surface area contributed by atoms with Crippen LogP contribution in [0.4, 0.5) is 4.79 Å². The summed E-state index contributed by atoms with van der Waals surface area (Å²) in [5.41, 5.74) is -0.417. The fraction of sp³-hybridized carbons (Fsp3) is 0.923. The molecule has 2 N–H and O–H groups in total. The Hall–Kier alpha value is -0.810. The van der Waals surface area contributed by atoms with E-state index in [0.717, 1.165) is 25.9 Å². The van der Waals surface area contributed by atoms with Crippen LogP contribution in [0.3, 0.4) is 0 Å². The van der Waals surface area contributed by atoms with Gasteiger partial charge in [-0.3, -0.25) is 4.90 Å². The highest BCUT2D eigenvalue weighted by molar-refractivity contribution is 5.70. The van der Waals surface area contributed by atoms with Crippen molar-refractivity contribution in [3.8, 4) is 0 Å². The molecule has 3 atom stereocenters. The molecule has 5 heteroatoms. The standard InChI is InChI=1S/C13H25N3O2/c1-13(2,3)18-12(17)16-9-5-6-11(16)10(8-14-4)15-7-9/h9-11,14-15H,5-8H2,1-4H3/t9-,10-,11+/m1/s1. The molecule has 0 aromatic heterocycles. The van der Waals surface area contributed by atoms with Crippen molar-refractivity contribution in [2.24, 2.45) is 0 Å². The Morgan fingerprint density at radius 1 is 1.44 bits per heavy atom. The molecule has 0 unspecified atom stereocenters. The van der Waals surface area contributed by atoms with Gasteiger partial charge in [-0.05, 0) is 40.7 Å². The van der Waals surface area contributed by atoms with Crippen molar-refractivity contribution in [2.75, 3.05) is 20.1 Å². The predicted octanol–water partition coefficient (Wildman–Crippen LogP) is 0.946. The van der Waals surface area contributed by atoms with Crippen LogP contribution in [0.5, 0.6) is 0 Å². The van der Waals surface area contributed by atoms with Gasteiger partial charge >= 0.3 is 6.09 Å². The Morgan fingerprint density at radius 2 is 2.17 bits per heavy atom. The van der Waals surface area contributed by atoms with Crippen molar-refractivity contribution in [1.82, 2.24) is 15.5 Å². The summed E-state index contributed by atoms with van der Waals surface area (Å²) in [6, 6.07) is 0.908. The number of ether oxygens (including phenoxy) is 1. The smallest absolute Gasteiger partial charge is 0.410 e. The molecule has 2 aliphatic rings. The molecule has 0 radical (unpaired) electrons. The van der Waals surface area contributed by atoms with Gasteiger partial charge in [0, 0.05) is 25.2 Å². The van der Waals surface area contributed by atoms with Crippen LogP contribution in [-0.4, -0.2) is 54.9 Å². The molecule has 0 saturated carbocycles. The molecule has 18 heavy (non-hydrogen) atoms. The topological polar surface area (TPSA) is 53.6 Å². The highest BCUT2D eigenvalue weighted by atomic mass is 16.6. The molecule has 0 aromatic rings. The average molecular weight is 255 g/mol. The zero-order chi connectivity index (χ0) is 13.3. The van der Waals surface area contributed by atoms with E-state index in [1.54, 1.807) is 0 Å². The van der Waals surface area contributed by atoms with Crippen LogP contribution < -0.4 is 10.6 Å². The second kappa shape index (κ2) is 5.05. The number of likely N-dealkylation sites (N-methyl/N-ethyl adjacent to an activating group) is 1. The fourth-order valence-corrected chi connectivity index (χ4v) is 2.96. The van der Waals surface area contributed by atoms with Crippen LogP contribution >= 0.6 is 0 Å². The summed E-state index contributed by atoms with van der Waals surface area (Å²) in [5, 5.41) is 6.70. The first-order chi connectivity index (χ1) is 8.42. The summed E-state index contributed by atoms with van der Waals surface area (Å²) in [6.07, 6.45) is 2.00. The zero-order valence-corrected chi connectivity index (χ0v) is 11.8. The lowest BCUT2D eigenvalue weighted by atomic mass is 10.1. The van der Waals surface area contributed by atoms with Crippen LogP contribution in [0.15, 0.2) is 0 Å². The number of hydrogen-bond donors (Lipinski definition) is 2. The van der Waals surface area contributed by atoms with Gasteiger partial charge in [-0.15, -0.1) is 0 Å². The number of carbonyl (C=O) groups is 1. The maximum absolute atomic E-state index is 12.3. The van der Waals surface area contributed by atoms with E-state index in [9.17, 15) is 4.79 Å². The second-order valence-electron chi connectivity index (χ2n) is 6.26. The maximum atomic E-state index is 12.3. The van der Waals surface area contributed by atoms with Crippen molar-refractivity contribution in [2.45, 2.75) is 57.3 Å². The van der Waals surface area contributed by atoms with E-state index in [2.05, 4.69) is 10.6 Å². The highest BCUT2D eigenvalue weighted by Gasteiger charge is 2.45. The van der Waals surface area contributed by atoms with Gasteiger partial charge < -0.3 is 15.4 Å². The fourth-order valence-electron chi connectivity index (χ4n) is 2.96. The van der Waals surface area contributed by atoms with Crippen LogP contribution in [0.1, 0.15) is 33.6 Å². The molecule has 2 saturated heterocycles. The third kappa shape index (κ3) is 2.78. The number of amides is 1. The molecule has 2 fully saturated rings. The molecular formula is C13H25N3O2. The van der Waals surface area contributed by atoms with Crippen molar-refractivity contribution in [3.05, 3.63) is 0 Å². The molecule has 2 aliphatic heterocycles. The van der Waals surface area contributed by atoms with Crippen molar-refractivity contribution in [1.29, 1.82) is 0 Å². The summed E-state index contributed by atoms with van der Waals surface area (Å²) < 4.78 is 5.52. The number of carbonyl (C=O) groups excluding carboxylic acids is 1. The van der Waals surface area contributed by atoms with Gasteiger partial charge in [-0.2, -0.15) is 0 Å². The first-order valence-corrected chi connectivity index (χ1v) is 6.81. The molecule has 1 amide bonds. The molecule has 2 rings (SSSR count). The first-order valence-electron chi connectivity index (χ1n) is 6.81. The van der Waals surface area contributed by atoms with Crippen LogP contribution in [0.2, 0.25) is 0 Å². The molecule has 0 aliphatic carbocycles. The summed E-state index contributed by atoms with van der Waals surface area (Å²) in [6.45, 7) is 7.51. The zero-order valence-electron chi connectivity index (χ0n) is 11.8. The van der Waals surface area contributed by atoms with Crippen LogP contribution in [0.25, 0.3) is 0 Å². The van der Waals surface area contributed by atoms with Gasteiger partial charge in [-0.25, -0.2) is 4.79 Å². The number of nitrogens with one attached hydrogen (secondary N) is 2. The summed E-state index contributed by atoms with van der Waals surface area (Å²) >= 11 is 0. The van der Waals surface area contributed by atoms with Gasteiger partial charge in [0.15, 0.2) is 0 Å². The Morgan fingerprint density at radius 3 is 2.78 bits per heavy atom. The highest BCUT2D eigenvalue weighted by Crippen LogP contribution is 2.31. The number of hydrogen-bond acceptors (Lipinski definition) is 4. The lowest BCUT2D eigenvalue weighted by Gasteiger charge is -2.41. The summed E-state index contributed by atoms with van der Waals surface area (Å²) in [4.78, 5) is 14.2. The number of piperazine rings is 1. The van der Waals surface area contributed by atoms with E-state index in [1.165, 1.54) is 0 Å². The molecule has 2 heterocycles. The summed E-state index contributed by atoms with van der Waals surface area (Å²) in [5.74, 6) is 0. The van der Waals surface area contributed by atoms with E-state index in [4.69, 9.17) is 4.74 Å². The quantitative estimate of drug-likeness (QED) is 0.771. The predicted molar refractivity (Wildman–Crippen MR) is 70.6 cm³/mol. The van der Waals surface area contributed by atoms with E-state index < -0.39 is 5.60 Å². The average Bonchev–Trinajstić information content (AvgIpc) is 2.56. The SMILES string of the molecule is CNC[C@H]1NC[C@H]2CC[C@@H]1N2C(=O)OC(C)(C)C. The Balaban J connectivity index is 2.05. The molecule has 2 bridgehead atoms. The van der Waals surface area contributed by atoms with E-state index in [0.29, 0.717) is 12.1 Å². The Bertz CT molecular complexity index is 314. The molecule has 0 aromatic carbocycles. The van der Waals surface area contributed by atoms with E-state index in [1.807, 2.05) is 32.7 Å². The van der Waals surface area contributed by atoms with Crippen LogP contribution in [-0.2, 0) is 4.74 Å². The van der Waals surface area contributed by atoms with Crippen molar-refractivity contribution >= 4 is 6.09 Å². The third-order valence-electron chi connectivity index (χ3n) is 3.65. The van der Waals surface area contributed by atoms with Crippen molar-refractivity contribution in [3.63, 3.8) is 0 Å². The number of fused-ring (bicyclic) bond motifs is 2. The molecule has 104 valence electrons. The minimum atomic E-state index is -0.417. The second-order valence-corrected chi connectivity index (χ2v) is 6.26. The van der Waals surface area contributed by atoms with Crippen LogP contribution in [0, 0.1) is 0 Å². The third-order valence-corrected chi connectivity index (χ3v) is 3.65. The molecular weight excluding hydrogens is 230 g/mol. The molecule has 0 spiro atoms. The summed E-state index contributed by atoms with van der Waals surface area (Å²) in [7, 11) is 1.94. The maximum Gasteiger partial charge on any atom is 0.410 e. The number of nitrogens with zero attached hydrogens (tertiary/aromatic N) is 1. The first kappa shape index (κ1) is 13.6. The minimum Gasteiger partial charge on any atom is -0.444 e. The minimum absolute atomic E-state index is 0.155. The Kier molecular flexibility index (Phi) is 3.82. The largest absolute Gasteiger partial charge is 0.444 e.